The molecule has 0 spiro atoms. The SMILES string of the molecule is CS(=N)(=O)c1ccc(NC(=O)CN2C(=O)SC(=C3CCC(F)(F)CC3)C2=O)cc1. The number of hydrogen-bond donors (Lipinski definition) is 2. The van der Waals surface area contributed by atoms with Gasteiger partial charge in [0.05, 0.1) is 14.6 Å². The summed E-state index contributed by atoms with van der Waals surface area (Å²) < 4.78 is 45.8. The summed E-state index contributed by atoms with van der Waals surface area (Å²) in [4.78, 5) is 38.2. The molecule has 1 atom stereocenters. The Morgan fingerprint density at radius 3 is 2.38 bits per heavy atom. The van der Waals surface area contributed by atoms with E-state index < -0.39 is 39.2 Å². The van der Waals surface area contributed by atoms with Gasteiger partial charge in [-0.1, -0.05) is 5.57 Å². The van der Waals surface area contributed by atoms with Gasteiger partial charge in [-0.2, -0.15) is 0 Å². The first kappa shape index (κ1) is 21.4. The van der Waals surface area contributed by atoms with E-state index in [-0.39, 0.29) is 30.6 Å². The Balaban J connectivity index is 1.65. The molecule has 0 bridgehead atoms. The first-order valence-corrected chi connectivity index (χ1v) is 11.5. The molecule has 0 aromatic heterocycles. The summed E-state index contributed by atoms with van der Waals surface area (Å²) in [6.45, 7) is -0.498. The van der Waals surface area contributed by atoms with Crippen molar-refractivity contribution in [2.45, 2.75) is 36.5 Å². The summed E-state index contributed by atoms with van der Waals surface area (Å²) in [5.41, 5.74) is 0.901. The zero-order valence-corrected chi connectivity index (χ0v) is 17.1. The molecule has 3 rings (SSSR count). The highest BCUT2D eigenvalue weighted by atomic mass is 32.2. The topological polar surface area (TPSA) is 107 Å². The van der Waals surface area contributed by atoms with Crippen LogP contribution in [0.2, 0.25) is 0 Å². The number of thioether (sulfide) groups is 1. The fraction of sp³-hybridized carbons (Fsp3) is 0.389. The number of alkyl halides is 2. The Hall–Kier alpha value is -2.27. The van der Waals surface area contributed by atoms with E-state index in [9.17, 15) is 27.4 Å². The number of carbonyl (C=O) groups is 3. The van der Waals surface area contributed by atoms with E-state index in [1.165, 1.54) is 30.5 Å². The van der Waals surface area contributed by atoms with E-state index in [4.69, 9.17) is 4.78 Å². The summed E-state index contributed by atoms with van der Waals surface area (Å²) in [7, 11) is -2.87. The van der Waals surface area contributed by atoms with Gasteiger partial charge in [0.25, 0.3) is 11.1 Å². The standard InChI is InChI=1S/C18H19F2N3O4S2/c1-29(21,27)13-4-2-12(3-5-13)22-14(24)10-23-16(25)15(28-17(23)26)11-6-8-18(19,20)9-7-11/h2-5,21H,6-10H2,1H3,(H,22,24). The summed E-state index contributed by atoms with van der Waals surface area (Å²) in [5, 5.41) is 1.92. The minimum atomic E-state index is -2.87. The van der Waals surface area contributed by atoms with Gasteiger partial charge in [0.15, 0.2) is 0 Å². The summed E-state index contributed by atoms with van der Waals surface area (Å²) in [6.07, 6.45) is 0.677. The van der Waals surface area contributed by atoms with Crippen molar-refractivity contribution in [2.75, 3.05) is 18.1 Å². The first-order chi connectivity index (χ1) is 13.5. The number of anilines is 1. The van der Waals surface area contributed by atoms with Gasteiger partial charge in [0, 0.05) is 29.7 Å². The van der Waals surface area contributed by atoms with Gasteiger partial charge in [-0.15, -0.1) is 0 Å². The highest BCUT2D eigenvalue weighted by molar-refractivity contribution is 8.18. The number of halogens is 2. The molecule has 2 N–H and O–H groups in total. The van der Waals surface area contributed by atoms with E-state index >= 15 is 0 Å². The monoisotopic (exact) mass is 443 g/mol. The van der Waals surface area contributed by atoms with Crippen LogP contribution in [0.4, 0.5) is 19.3 Å². The molecule has 3 amide bonds. The second-order valence-electron chi connectivity index (χ2n) is 6.96. The molecule has 11 heteroatoms. The molecule has 7 nitrogen and oxygen atoms in total. The number of imide groups is 1. The largest absolute Gasteiger partial charge is 0.325 e. The number of benzene rings is 1. The van der Waals surface area contributed by atoms with Crippen molar-refractivity contribution >= 4 is 44.2 Å². The average molecular weight is 443 g/mol. The Bertz CT molecular complexity index is 992. The quantitative estimate of drug-likeness (QED) is 0.688. The van der Waals surface area contributed by atoms with Gasteiger partial charge in [0.2, 0.25) is 11.8 Å². The van der Waals surface area contributed by atoms with Crippen LogP contribution in [-0.2, 0) is 19.3 Å². The molecule has 1 aliphatic carbocycles. The van der Waals surface area contributed by atoms with Crippen molar-refractivity contribution in [3.05, 3.63) is 34.7 Å². The predicted octanol–water partition coefficient (Wildman–Crippen LogP) is 3.82. The second-order valence-corrected chi connectivity index (χ2v) is 10.1. The summed E-state index contributed by atoms with van der Waals surface area (Å²) in [5.74, 6) is -3.99. The number of nitrogens with one attached hydrogen (secondary N) is 2. The van der Waals surface area contributed by atoms with Gasteiger partial charge < -0.3 is 5.32 Å². The van der Waals surface area contributed by atoms with Gasteiger partial charge in [-0.05, 0) is 48.9 Å². The first-order valence-electron chi connectivity index (χ1n) is 8.73. The van der Waals surface area contributed by atoms with Crippen molar-refractivity contribution in [2.24, 2.45) is 0 Å². The van der Waals surface area contributed by atoms with Gasteiger partial charge >= 0.3 is 0 Å². The molecular weight excluding hydrogens is 424 g/mol. The normalized spacial score (nSPS) is 21.3. The fourth-order valence-electron chi connectivity index (χ4n) is 3.04. The molecule has 1 aliphatic heterocycles. The molecule has 156 valence electrons. The summed E-state index contributed by atoms with van der Waals surface area (Å²) in [6, 6.07) is 5.86. The Kier molecular flexibility index (Phi) is 5.81. The van der Waals surface area contributed by atoms with Gasteiger partial charge in [-0.25, -0.2) is 17.8 Å². The maximum atomic E-state index is 13.3. The zero-order chi connectivity index (χ0) is 21.4. The smallest absolute Gasteiger partial charge is 0.294 e. The van der Waals surface area contributed by atoms with Crippen LogP contribution in [0.5, 0.6) is 0 Å². The van der Waals surface area contributed by atoms with Crippen LogP contribution in [-0.4, -0.2) is 44.9 Å². The van der Waals surface area contributed by atoms with Crippen LogP contribution in [0.3, 0.4) is 0 Å². The van der Waals surface area contributed by atoms with Gasteiger partial charge in [0.1, 0.15) is 6.54 Å². The molecule has 1 aromatic carbocycles. The zero-order valence-electron chi connectivity index (χ0n) is 15.5. The predicted molar refractivity (Wildman–Crippen MR) is 105 cm³/mol. The van der Waals surface area contributed by atoms with Crippen molar-refractivity contribution in [3.8, 4) is 0 Å². The van der Waals surface area contributed by atoms with Crippen molar-refractivity contribution < 1.29 is 27.4 Å². The molecule has 1 aromatic rings. The van der Waals surface area contributed by atoms with Crippen LogP contribution < -0.4 is 5.32 Å². The number of amides is 3. The van der Waals surface area contributed by atoms with E-state index in [1.807, 2.05) is 0 Å². The molecule has 1 heterocycles. The van der Waals surface area contributed by atoms with Crippen LogP contribution in [0.15, 0.2) is 39.6 Å². The lowest BCUT2D eigenvalue weighted by Gasteiger charge is -2.24. The lowest BCUT2D eigenvalue weighted by molar-refractivity contribution is -0.127. The third-order valence-corrected chi connectivity index (χ3v) is 6.88. The lowest BCUT2D eigenvalue weighted by atomic mass is 9.91. The van der Waals surface area contributed by atoms with E-state index in [0.29, 0.717) is 27.9 Å². The number of hydrogen-bond acceptors (Lipinski definition) is 6. The molecular formula is C18H19F2N3O4S2. The molecule has 2 fully saturated rings. The minimum absolute atomic E-state index is 0.0529. The molecule has 1 unspecified atom stereocenters. The molecule has 0 radical (unpaired) electrons. The van der Waals surface area contributed by atoms with Crippen LogP contribution >= 0.6 is 11.8 Å². The lowest BCUT2D eigenvalue weighted by Crippen LogP contribution is -2.36. The number of allylic oxidation sites excluding steroid dienone is 1. The maximum Gasteiger partial charge on any atom is 0.294 e. The second kappa shape index (κ2) is 7.86. The van der Waals surface area contributed by atoms with Crippen LogP contribution in [0, 0.1) is 4.78 Å². The van der Waals surface area contributed by atoms with E-state index in [2.05, 4.69) is 5.32 Å². The summed E-state index contributed by atoms with van der Waals surface area (Å²) >= 11 is 0.681. The maximum absolute atomic E-state index is 13.3. The molecule has 29 heavy (non-hydrogen) atoms. The van der Waals surface area contributed by atoms with Crippen LogP contribution in [0.25, 0.3) is 0 Å². The van der Waals surface area contributed by atoms with Gasteiger partial charge in [-0.3, -0.25) is 19.3 Å². The van der Waals surface area contributed by atoms with Crippen LogP contribution in [0.1, 0.15) is 25.7 Å². The third-order valence-electron chi connectivity index (χ3n) is 4.64. The van der Waals surface area contributed by atoms with E-state index in [0.717, 1.165) is 4.90 Å². The van der Waals surface area contributed by atoms with E-state index in [1.54, 1.807) is 0 Å². The van der Waals surface area contributed by atoms with Crippen molar-refractivity contribution in [1.82, 2.24) is 4.90 Å². The number of rotatable bonds is 4. The third kappa shape index (κ3) is 5.02. The minimum Gasteiger partial charge on any atom is -0.325 e. The average Bonchev–Trinajstić information content (AvgIpc) is 2.89. The fourth-order valence-corrected chi connectivity index (χ4v) is 4.67. The van der Waals surface area contributed by atoms with Crippen molar-refractivity contribution in [1.29, 1.82) is 4.78 Å². The highest BCUT2D eigenvalue weighted by Crippen LogP contribution is 2.42. The number of nitrogens with zero attached hydrogens (tertiary/aromatic N) is 1. The molecule has 1 saturated carbocycles. The molecule has 1 saturated heterocycles. The Morgan fingerprint density at radius 2 is 1.83 bits per heavy atom. The Morgan fingerprint density at radius 1 is 1.24 bits per heavy atom. The Labute approximate surface area is 170 Å². The van der Waals surface area contributed by atoms with Crippen molar-refractivity contribution in [3.63, 3.8) is 0 Å². The number of carbonyl (C=O) groups excluding carboxylic acids is 3. The molecule has 2 aliphatic rings. The highest BCUT2D eigenvalue weighted by Gasteiger charge is 2.41.